The molecule has 1 N–H and O–H groups in total. The van der Waals surface area contributed by atoms with Crippen molar-refractivity contribution in [1.29, 1.82) is 0 Å². The largest absolute Gasteiger partial charge is 0.323 e. The van der Waals surface area contributed by atoms with Crippen LogP contribution in [0.15, 0.2) is 47.4 Å². The summed E-state index contributed by atoms with van der Waals surface area (Å²) in [6.45, 7) is 4.09. The smallest absolute Gasteiger partial charge is 0.234 e. The minimum Gasteiger partial charge on any atom is -0.323 e. The molecular formula is C16H16FNOS. The van der Waals surface area contributed by atoms with Crippen molar-refractivity contribution in [2.75, 3.05) is 11.1 Å². The second-order valence-corrected chi connectivity index (χ2v) is 5.61. The van der Waals surface area contributed by atoms with Gasteiger partial charge in [-0.05, 0) is 49.2 Å². The molecule has 0 fully saturated rings. The molecule has 2 aromatic rings. The number of nitrogens with one attached hydrogen (secondary N) is 1. The van der Waals surface area contributed by atoms with Crippen LogP contribution in [0, 0.1) is 19.7 Å². The molecule has 104 valence electrons. The second kappa shape index (κ2) is 6.57. The van der Waals surface area contributed by atoms with E-state index in [0.29, 0.717) is 0 Å². The molecule has 0 aliphatic carbocycles. The van der Waals surface area contributed by atoms with Gasteiger partial charge in [0.1, 0.15) is 5.82 Å². The Morgan fingerprint density at radius 3 is 2.60 bits per heavy atom. The summed E-state index contributed by atoms with van der Waals surface area (Å²) in [5.41, 5.74) is 2.65. The van der Waals surface area contributed by atoms with E-state index < -0.39 is 5.82 Å². The van der Waals surface area contributed by atoms with Crippen molar-refractivity contribution in [3.8, 4) is 0 Å². The van der Waals surface area contributed by atoms with Gasteiger partial charge in [-0.15, -0.1) is 11.8 Å². The van der Waals surface area contributed by atoms with E-state index in [1.807, 2.05) is 19.1 Å². The zero-order valence-corrected chi connectivity index (χ0v) is 12.3. The molecule has 0 radical (unpaired) electrons. The Bertz CT molecular complexity index is 628. The van der Waals surface area contributed by atoms with Gasteiger partial charge in [-0.3, -0.25) is 4.79 Å². The van der Waals surface area contributed by atoms with Crippen LogP contribution in [0.25, 0.3) is 0 Å². The van der Waals surface area contributed by atoms with Gasteiger partial charge in [0.15, 0.2) is 0 Å². The van der Waals surface area contributed by atoms with Gasteiger partial charge in [0.2, 0.25) is 5.91 Å². The molecule has 20 heavy (non-hydrogen) atoms. The SMILES string of the molecule is Cc1ccc(SCC(=O)Nc2ccccc2F)cc1C. The topological polar surface area (TPSA) is 29.1 Å². The van der Waals surface area contributed by atoms with Crippen LogP contribution < -0.4 is 5.32 Å². The van der Waals surface area contributed by atoms with Crippen molar-refractivity contribution in [3.63, 3.8) is 0 Å². The number of thioether (sulfide) groups is 1. The molecule has 2 rings (SSSR count). The molecule has 0 saturated heterocycles. The van der Waals surface area contributed by atoms with Gasteiger partial charge >= 0.3 is 0 Å². The highest BCUT2D eigenvalue weighted by Gasteiger charge is 2.07. The van der Waals surface area contributed by atoms with Crippen molar-refractivity contribution in [3.05, 3.63) is 59.4 Å². The van der Waals surface area contributed by atoms with Gasteiger partial charge in [0, 0.05) is 4.90 Å². The third-order valence-electron chi connectivity index (χ3n) is 3.00. The lowest BCUT2D eigenvalue weighted by Gasteiger charge is -2.07. The Labute approximate surface area is 122 Å². The summed E-state index contributed by atoms with van der Waals surface area (Å²) in [6.07, 6.45) is 0. The van der Waals surface area contributed by atoms with Crippen LogP contribution in [-0.4, -0.2) is 11.7 Å². The van der Waals surface area contributed by atoms with Crippen LogP contribution in [-0.2, 0) is 4.79 Å². The van der Waals surface area contributed by atoms with E-state index in [-0.39, 0.29) is 17.3 Å². The predicted molar refractivity (Wildman–Crippen MR) is 81.7 cm³/mol. The normalized spacial score (nSPS) is 10.3. The molecule has 0 bridgehead atoms. The maximum absolute atomic E-state index is 13.4. The van der Waals surface area contributed by atoms with Crippen molar-refractivity contribution < 1.29 is 9.18 Å². The average molecular weight is 289 g/mol. The predicted octanol–water partition coefficient (Wildman–Crippen LogP) is 4.17. The van der Waals surface area contributed by atoms with Gasteiger partial charge < -0.3 is 5.32 Å². The number of para-hydroxylation sites is 1. The van der Waals surface area contributed by atoms with Gasteiger partial charge in [-0.25, -0.2) is 4.39 Å². The van der Waals surface area contributed by atoms with E-state index in [9.17, 15) is 9.18 Å². The van der Waals surface area contributed by atoms with Crippen LogP contribution >= 0.6 is 11.8 Å². The minimum absolute atomic E-state index is 0.210. The summed E-state index contributed by atoms with van der Waals surface area (Å²) in [5.74, 6) is -0.369. The van der Waals surface area contributed by atoms with Gasteiger partial charge in [0.05, 0.1) is 11.4 Å². The van der Waals surface area contributed by atoms with E-state index in [4.69, 9.17) is 0 Å². The molecule has 0 heterocycles. The highest BCUT2D eigenvalue weighted by atomic mass is 32.2. The van der Waals surface area contributed by atoms with Crippen LogP contribution in [0.5, 0.6) is 0 Å². The number of anilines is 1. The number of halogens is 1. The Morgan fingerprint density at radius 2 is 1.90 bits per heavy atom. The fraction of sp³-hybridized carbons (Fsp3) is 0.188. The first-order valence-corrected chi connectivity index (χ1v) is 7.29. The monoisotopic (exact) mass is 289 g/mol. The molecule has 0 aliphatic heterocycles. The first-order valence-electron chi connectivity index (χ1n) is 6.30. The van der Waals surface area contributed by atoms with E-state index in [0.717, 1.165) is 4.90 Å². The average Bonchev–Trinajstić information content (AvgIpc) is 2.43. The van der Waals surface area contributed by atoms with Crippen LogP contribution in [0.4, 0.5) is 10.1 Å². The van der Waals surface area contributed by atoms with E-state index >= 15 is 0 Å². The fourth-order valence-electron chi connectivity index (χ4n) is 1.70. The molecule has 4 heteroatoms. The number of carbonyl (C=O) groups is 1. The number of aryl methyl sites for hydroxylation is 2. The van der Waals surface area contributed by atoms with Crippen molar-refractivity contribution in [2.45, 2.75) is 18.7 Å². The summed E-state index contributed by atoms with van der Waals surface area (Å²) in [7, 11) is 0. The second-order valence-electron chi connectivity index (χ2n) is 4.56. The molecule has 0 unspecified atom stereocenters. The molecule has 2 nitrogen and oxygen atoms in total. The molecular weight excluding hydrogens is 273 g/mol. The van der Waals surface area contributed by atoms with Crippen molar-refractivity contribution >= 4 is 23.4 Å². The maximum Gasteiger partial charge on any atom is 0.234 e. The number of benzene rings is 2. The molecule has 0 aromatic heterocycles. The Balaban J connectivity index is 1.92. The van der Waals surface area contributed by atoms with E-state index in [1.165, 1.54) is 29.0 Å². The van der Waals surface area contributed by atoms with E-state index in [1.54, 1.807) is 18.2 Å². The number of carbonyl (C=O) groups excluding carboxylic acids is 1. The summed E-state index contributed by atoms with van der Waals surface area (Å²) in [5, 5.41) is 2.57. The maximum atomic E-state index is 13.4. The van der Waals surface area contributed by atoms with Crippen LogP contribution in [0.1, 0.15) is 11.1 Å². The molecule has 1 amide bonds. The van der Waals surface area contributed by atoms with E-state index in [2.05, 4.69) is 18.3 Å². The summed E-state index contributed by atoms with van der Waals surface area (Å²) < 4.78 is 13.4. The van der Waals surface area contributed by atoms with Gasteiger partial charge in [-0.2, -0.15) is 0 Å². The lowest BCUT2D eigenvalue weighted by molar-refractivity contribution is -0.113. The number of hydrogen-bond donors (Lipinski definition) is 1. The Morgan fingerprint density at radius 1 is 1.15 bits per heavy atom. The molecule has 0 spiro atoms. The van der Waals surface area contributed by atoms with Crippen molar-refractivity contribution in [2.24, 2.45) is 0 Å². The van der Waals surface area contributed by atoms with Gasteiger partial charge in [-0.1, -0.05) is 18.2 Å². The van der Waals surface area contributed by atoms with Gasteiger partial charge in [0.25, 0.3) is 0 Å². The molecule has 2 aromatic carbocycles. The molecule has 0 aliphatic rings. The lowest BCUT2D eigenvalue weighted by Crippen LogP contribution is -2.14. The highest BCUT2D eigenvalue weighted by molar-refractivity contribution is 8.00. The highest BCUT2D eigenvalue weighted by Crippen LogP contribution is 2.21. The first kappa shape index (κ1) is 14.6. The number of rotatable bonds is 4. The van der Waals surface area contributed by atoms with Crippen LogP contribution in [0.3, 0.4) is 0 Å². The zero-order valence-electron chi connectivity index (χ0n) is 11.4. The Hall–Kier alpha value is -1.81. The van der Waals surface area contributed by atoms with Crippen molar-refractivity contribution in [1.82, 2.24) is 0 Å². The fourth-order valence-corrected chi connectivity index (χ4v) is 2.50. The first-order chi connectivity index (χ1) is 9.56. The molecule has 0 saturated carbocycles. The number of hydrogen-bond acceptors (Lipinski definition) is 2. The third kappa shape index (κ3) is 3.84. The summed E-state index contributed by atoms with van der Waals surface area (Å²) in [6, 6.07) is 12.2. The van der Waals surface area contributed by atoms with Crippen LogP contribution in [0.2, 0.25) is 0 Å². The quantitative estimate of drug-likeness (QED) is 0.856. The lowest BCUT2D eigenvalue weighted by atomic mass is 10.1. The summed E-state index contributed by atoms with van der Waals surface area (Å²) in [4.78, 5) is 12.8. The Kier molecular flexibility index (Phi) is 4.79. The minimum atomic E-state index is -0.419. The molecule has 0 atom stereocenters. The zero-order chi connectivity index (χ0) is 14.5. The summed E-state index contributed by atoms with van der Waals surface area (Å²) >= 11 is 1.44. The standard InChI is InChI=1S/C16H16FNOS/c1-11-7-8-13(9-12(11)2)20-10-16(19)18-15-6-4-3-5-14(15)17/h3-9H,10H2,1-2H3,(H,18,19). The third-order valence-corrected chi connectivity index (χ3v) is 3.99. The number of amides is 1.